The SMILES string of the molecule is C=CCOC(=O)c1c(C)nc(-c2ccccc2)nc1C(=O)N1CCN(c2cccc(C(F)(F)F)c2)CC1. The van der Waals surface area contributed by atoms with Gasteiger partial charge in [-0.1, -0.05) is 49.1 Å². The van der Waals surface area contributed by atoms with Crippen LogP contribution in [0.5, 0.6) is 0 Å². The monoisotopic (exact) mass is 510 g/mol. The second-order valence-corrected chi connectivity index (χ2v) is 8.44. The number of hydrogen-bond donors (Lipinski definition) is 0. The van der Waals surface area contributed by atoms with Gasteiger partial charge in [-0.25, -0.2) is 14.8 Å². The Morgan fingerprint density at radius 1 is 1.03 bits per heavy atom. The van der Waals surface area contributed by atoms with E-state index < -0.39 is 23.6 Å². The number of piperazine rings is 1. The van der Waals surface area contributed by atoms with Crippen molar-refractivity contribution in [3.05, 3.63) is 89.8 Å². The molecular weight excluding hydrogens is 485 g/mol. The second kappa shape index (κ2) is 10.8. The quantitative estimate of drug-likeness (QED) is 0.351. The number of nitrogens with zero attached hydrogens (tertiary/aromatic N) is 4. The second-order valence-electron chi connectivity index (χ2n) is 8.44. The molecule has 4 rings (SSSR count). The molecule has 1 aliphatic rings. The third kappa shape index (κ3) is 5.79. The molecule has 0 atom stereocenters. The number of amides is 1. The lowest BCUT2D eigenvalue weighted by Gasteiger charge is -2.36. The Kier molecular flexibility index (Phi) is 7.56. The minimum absolute atomic E-state index is 0.0214. The largest absolute Gasteiger partial charge is 0.458 e. The van der Waals surface area contributed by atoms with Crippen molar-refractivity contribution in [2.24, 2.45) is 0 Å². The first-order chi connectivity index (χ1) is 17.7. The highest BCUT2D eigenvalue weighted by atomic mass is 19.4. The van der Waals surface area contributed by atoms with Crippen molar-refractivity contribution < 1.29 is 27.5 Å². The van der Waals surface area contributed by atoms with Gasteiger partial charge < -0.3 is 14.5 Å². The molecule has 1 aliphatic heterocycles. The average molecular weight is 511 g/mol. The fourth-order valence-electron chi connectivity index (χ4n) is 4.09. The zero-order valence-electron chi connectivity index (χ0n) is 20.2. The van der Waals surface area contributed by atoms with E-state index in [0.29, 0.717) is 35.9 Å². The van der Waals surface area contributed by atoms with E-state index in [4.69, 9.17) is 4.74 Å². The summed E-state index contributed by atoms with van der Waals surface area (Å²) in [5.41, 5.74) is 0.588. The van der Waals surface area contributed by atoms with Gasteiger partial charge in [0.25, 0.3) is 5.91 Å². The number of esters is 1. The molecule has 0 aliphatic carbocycles. The van der Waals surface area contributed by atoms with E-state index in [-0.39, 0.29) is 31.0 Å². The highest BCUT2D eigenvalue weighted by molar-refractivity contribution is 6.05. The van der Waals surface area contributed by atoms with Gasteiger partial charge in [0, 0.05) is 37.4 Å². The molecule has 0 saturated carbocycles. The maximum absolute atomic E-state index is 13.6. The van der Waals surface area contributed by atoms with Gasteiger partial charge in [-0.3, -0.25) is 4.79 Å². The Hall–Kier alpha value is -4.21. The number of benzene rings is 2. The van der Waals surface area contributed by atoms with Crippen molar-refractivity contribution in [2.75, 3.05) is 37.7 Å². The molecule has 1 amide bonds. The van der Waals surface area contributed by atoms with Crippen molar-refractivity contribution in [3.8, 4) is 11.4 Å². The molecule has 1 saturated heterocycles. The molecule has 0 unspecified atom stereocenters. The molecule has 1 fully saturated rings. The molecule has 37 heavy (non-hydrogen) atoms. The average Bonchev–Trinajstić information content (AvgIpc) is 2.91. The van der Waals surface area contributed by atoms with Gasteiger partial charge in [0.2, 0.25) is 0 Å². The van der Waals surface area contributed by atoms with Gasteiger partial charge in [0.1, 0.15) is 17.9 Å². The summed E-state index contributed by atoms with van der Waals surface area (Å²) in [6, 6.07) is 14.2. The van der Waals surface area contributed by atoms with Crippen molar-refractivity contribution >= 4 is 17.6 Å². The summed E-state index contributed by atoms with van der Waals surface area (Å²) in [5, 5.41) is 0. The van der Waals surface area contributed by atoms with Crippen molar-refractivity contribution in [1.29, 1.82) is 0 Å². The van der Waals surface area contributed by atoms with Crippen molar-refractivity contribution in [1.82, 2.24) is 14.9 Å². The van der Waals surface area contributed by atoms with Crippen LogP contribution in [0, 0.1) is 6.92 Å². The van der Waals surface area contributed by atoms with E-state index in [2.05, 4.69) is 16.5 Å². The van der Waals surface area contributed by atoms with Gasteiger partial charge in [-0.15, -0.1) is 0 Å². The molecule has 10 heteroatoms. The van der Waals surface area contributed by atoms with Crippen molar-refractivity contribution in [2.45, 2.75) is 13.1 Å². The fourth-order valence-corrected chi connectivity index (χ4v) is 4.09. The van der Waals surface area contributed by atoms with E-state index >= 15 is 0 Å². The van der Waals surface area contributed by atoms with Gasteiger partial charge in [-0.05, 0) is 25.1 Å². The number of carbonyl (C=O) groups excluding carboxylic acids is 2. The lowest BCUT2D eigenvalue weighted by Crippen LogP contribution is -2.49. The Morgan fingerprint density at radius 3 is 2.38 bits per heavy atom. The van der Waals surface area contributed by atoms with Crippen LogP contribution in [-0.2, 0) is 10.9 Å². The molecule has 2 heterocycles. The van der Waals surface area contributed by atoms with Crippen LogP contribution in [0.15, 0.2) is 67.3 Å². The number of halogens is 3. The maximum Gasteiger partial charge on any atom is 0.416 e. The summed E-state index contributed by atoms with van der Waals surface area (Å²) in [7, 11) is 0. The lowest BCUT2D eigenvalue weighted by atomic mass is 10.1. The van der Waals surface area contributed by atoms with Crippen LogP contribution >= 0.6 is 0 Å². The number of anilines is 1. The topological polar surface area (TPSA) is 75.6 Å². The number of aryl methyl sites for hydroxylation is 1. The Morgan fingerprint density at radius 2 is 1.73 bits per heavy atom. The van der Waals surface area contributed by atoms with Crippen LogP contribution in [0.2, 0.25) is 0 Å². The van der Waals surface area contributed by atoms with Gasteiger partial charge in [0.15, 0.2) is 5.82 Å². The Labute approximate surface area is 212 Å². The van der Waals surface area contributed by atoms with E-state index in [1.165, 1.54) is 17.0 Å². The molecule has 2 aromatic carbocycles. The normalized spacial score (nSPS) is 13.8. The first kappa shape index (κ1) is 25.9. The van der Waals surface area contributed by atoms with E-state index in [9.17, 15) is 22.8 Å². The minimum atomic E-state index is -4.44. The van der Waals surface area contributed by atoms with Crippen LogP contribution in [-0.4, -0.2) is 59.5 Å². The predicted molar refractivity (Wildman–Crippen MR) is 132 cm³/mol. The summed E-state index contributed by atoms with van der Waals surface area (Å²) in [4.78, 5) is 38.6. The molecule has 1 aromatic heterocycles. The Balaban J connectivity index is 1.60. The molecule has 0 N–H and O–H groups in total. The van der Waals surface area contributed by atoms with E-state index in [1.54, 1.807) is 30.0 Å². The maximum atomic E-state index is 13.6. The molecule has 7 nitrogen and oxygen atoms in total. The molecule has 0 radical (unpaired) electrons. The molecule has 0 bridgehead atoms. The third-order valence-electron chi connectivity index (χ3n) is 5.97. The smallest absolute Gasteiger partial charge is 0.416 e. The minimum Gasteiger partial charge on any atom is -0.458 e. The number of aromatic nitrogens is 2. The highest BCUT2D eigenvalue weighted by Gasteiger charge is 2.33. The zero-order chi connectivity index (χ0) is 26.6. The zero-order valence-corrected chi connectivity index (χ0v) is 20.2. The van der Waals surface area contributed by atoms with Crippen molar-refractivity contribution in [3.63, 3.8) is 0 Å². The van der Waals surface area contributed by atoms with Crippen LogP contribution in [0.1, 0.15) is 32.1 Å². The summed E-state index contributed by atoms with van der Waals surface area (Å²) in [6.45, 7) is 6.21. The first-order valence-electron chi connectivity index (χ1n) is 11.6. The molecule has 0 spiro atoms. The van der Waals surface area contributed by atoms with Gasteiger partial charge >= 0.3 is 12.1 Å². The van der Waals surface area contributed by atoms with Crippen LogP contribution in [0.4, 0.5) is 18.9 Å². The van der Waals surface area contributed by atoms with Crippen LogP contribution in [0.25, 0.3) is 11.4 Å². The summed E-state index contributed by atoms with van der Waals surface area (Å²) in [5.74, 6) is -0.913. The number of hydrogen-bond acceptors (Lipinski definition) is 6. The van der Waals surface area contributed by atoms with E-state index in [1.807, 2.05) is 18.2 Å². The summed E-state index contributed by atoms with van der Waals surface area (Å²) >= 11 is 0. The standard InChI is InChI=1S/C27H25F3N4O3/c1-3-16-37-26(36)22-18(2)31-24(19-8-5-4-6-9-19)32-23(22)25(35)34-14-12-33(13-15-34)21-11-7-10-20(17-21)27(28,29)30/h3-11,17H,1,12-16H2,2H3. The first-order valence-corrected chi connectivity index (χ1v) is 11.6. The number of carbonyl (C=O) groups is 2. The summed E-state index contributed by atoms with van der Waals surface area (Å²) < 4.78 is 44.6. The van der Waals surface area contributed by atoms with Gasteiger partial charge in [-0.2, -0.15) is 13.2 Å². The lowest BCUT2D eigenvalue weighted by molar-refractivity contribution is -0.137. The number of ether oxygens (including phenoxy) is 1. The van der Waals surface area contributed by atoms with E-state index in [0.717, 1.165) is 12.1 Å². The molecule has 192 valence electrons. The number of rotatable bonds is 6. The van der Waals surface area contributed by atoms with Crippen LogP contribution in [0.3, 0.4) is 0 Å². The Bertz CT molecular complexity index is 1300. The predicted octanol–water partition coefficient (Wildman–Crippen LogP) is 4.78. The molecule has 3 aromatic rings. The van der Waals surface area contributed by atoms with Crippen LogP contribution < -0.4 is 4.90 Å². The number of alkyl halides is 3. The fraction of sp³-hybridized carbons (Fsp3) is 0.259. The third-order valence-corrected chi connectivity index (χ3v) is 5.97. The van der Waals surface area contributed by atoms with Gasteiger partial charge in [0.05, 0.1) is 11.3 Å². The highest BCUT2D eigenvalue weighted by Crippen LogP contribution is 2.32. The summed E-state index contributed by atoms with van der Waals surface area (Å²) in [6.07, 6.45) is -3.02. The molecular formula is C27H25F3N4O3.